The molecule has 0 saturated carbocycles. The van der Waals surface area contributed by atoms with Crippen LogP contribution in [-0.4, -0.2) is 21.7 Å². The maximum atomic E-state index is 13.1. The third-order valence-corrected chi connectivity index (χ3v) is 5.20. The van der Waals surface area contributed by atoms with Gasteiger partial charge in [-0.3, -0.25) is 4.79 Å². The Bertz CT molecular complexity index is 1120. The molecule has 30 heavy (non-hydrogen) atoms. The van der Waals surface area contributed by atoms with Crippen molar-refractivity contribution in [3.05, 3.63) is 95.3 Å². The Balaban J connectivity index is 1.57. The summed E-state index contributed by atoms with van der Waals surface area (Å²) in [6.45, 7) is 2.00. The second-order valence-corrected chi connectivity index (χ2v) is 7.56. The van der Waals surface area contributed by atoms with Gasteiger partial charge >= 0.3 is 0 Å². The molecule has 2 aromatic heterocycles. The number of halogens is 1. The summed E-state index contributed by atoms with van der Waals surface area (Å²) < 4.78 is 7.03. The molecule has 1 atom stereocenters. The maximum absolute atomic E-state index is 13.1. The quantitative estimate of drug-likeness (QED) is 0.428. The lowest BCUT2D eigenvalue weighted by Crippen LogP contribution is -2.34. The first-order chi connectivity index (χ1) is 14.6. The predicted octanol–water partition coefficient (Wildman–Crippen LogP) is 5.54. The topological polar surface area (TPSA) is 60.1 Å². The number of carbonyl (C=O) groups excluding carboxylic acids is 1. The van der Waals surface area contributed by atoms with Crippen LogP contribution in [0.3, 0.4) is 0 Å². The van der Waals surface area contributed by atoms with E-state index in [1.165, 1.54) is 5.56 Å². The molecule has 2 aromatic carbocycles. The third kappa shape index (κ3) is 4.47. The van der Waals surface area contributed by atoms with E-state index in [1.807, 2.05) is 49.4 Å². The fraction of sp³-hybridized carbons (Fsp3) is 0.167. The van der Waals surface area contributed by atoms with Gasteiger partial charge in [0.05, 0.1) is 17.0 Å². The van der Waals surface area contributed by atoms with Crippen molar-refractivity contribution in [1.29, 1.82) is 0 Å². The molecule has 0 aliphatic carbocycles. The SMILES string of the molecule is C[C@@H](CCc1ccccc1)NC(=O)c1cc(-c2ccco2)nn1-c1ccccc1Cl. The molecule has 0 spiro atoms. The molecule has 0 bridgehead atoms. The number of furan rings is 1. The van der Waals surface area contributed by atoms with Crippen molar-refractivity contribution in [2.24, 2.45) is 0 Å². The number of aromatic nitrogens is 2. The average molecular weight is 420 g/mol. The summed E-state index contributed by atoms with van der Waals surface area (Å²) in [7, 11) is 0. The number of nitrogens with one attached hydrogen (secondary N) is 1. The Kier molecular flexibility index (Phi) is 6.00. The number of carbonyl (C=O) groups is 1. The van der Waals surface area contributed by atoms with E-state index >= 15 is 0 Å². The molecule has 0 unspecified atom stereocenters. The summed E-state index contributed by atoms with van der Waals surface area (Å²) >= 11 is 6.38. The number of aryl methyl sites for hydroxylation is 1. The van der Waals surface area contributed by atoms with Gasteiger partial charge in [-0.25, -0.2) is 4.68 Å². The van der Waals surface area contributed by atoms with E-state index in [0.29, 0.717) is 27.9 Å². The molecule has 0 aliphatic heterocycles. The van der Waals surface area contributed by atoms with Crippen LogP contribution in [0, 0.1) is 0 Å². The summed E-state index contributed by atoms with van der Waals surface area (Å²) in [4.78, 5) is 13.1. The van der Waals surface area contributed by atoms with Crippen LogP contribution < -0.4 is 5.32 Å². The van der Waals surface area contributed by atoms with E-state index in [2.05, 4.69) is 22.5 Å². The van der Waals surface area contributed by atoms with Gasteiger partial charge in [0.25, 0.3) is 5.91 Å². The standard InChI is InChI=1S/C24H22ClN3O2/c1-17(13-14-18-8-3-2-4-9-18)26-24(29)22-16-20(23-12-7-15-30-23)27-28(22)21-11-6-5-10-19(21)25/h2-12,15-17H,13-14H2,1H3,(H,26,29)/t17-/m0/s1. The molecule has 1 amide bonds. The van der Waals surface area contributed by atoms with Crippen LogP contribution in [0.2, 0.25) is 5.02 Å². The molecule has 0 saturated heterocycles. The zero-order valence-corrected chi connectivity index (χ0v) is 17.3. The van der Waals surface area contributed by atoms with Gasteiger partial charge in [0.2, 0.25) is 0 Å². The van der Waals surface area contributed by atoms with Gasteiger partial charge in [0, 0.05) is 12.1 Å². The normalized spacial score (nSPS) is 11.9. The monoisotopic (exact) mass is 419 g/mol. The van der Waals surface area contributed by atoms with Crippen LogP contribution in [0.15, 0.2) is 83.5 Å². The average Bonchev–Trinajstić information content (AvgIpc) is 3.43. The van der Waals surface area contributed by atoms with Crippen molar-refractivity contribution in [2.75, 3.05) is 0 Å². The van der Waals surface area contributed by atoms with Gasteiger partial charge in [0.15, 0.2) is 5.76 Å². The Morgan fingerprint density at radius 3 is 2.60 bits per heavy atom. The van der Waals surface area contributed by atoms with Crippen LogP contribution >= 0.6 is 11.6 Å². The van der Waals surface area contributed by atoms with Crippen molar-refractivity contribution in [3.63, 3.8) is 0 Å². The highest BCUT2D eigenvalue weighted by Gasteiger charge is 2.21. The summed E-state index contributed by atoms with van der Waals surface area (Å²) in [5.74, 6) is 0.382. The Hall–Kier alpha value is -3.31. The fourth-order valence-corrected chi connectivity index (χ4v) is 3.51. The van der Waals surface area contributed by atoms with E-state index in [1.54, 1.807) is 29.1 Å². The lowest BCUT2D eigenvalue weighted by Gasteiger charge is -2.15. The van der Waals surface area contributed by atoms with Gasteiger partial charge in [0.1, 0.15) is 11.4 Å². The lowest BCUT2D eigenvalue weighted by atomic mass is 10.1. The molecular weight excluding hydrogens is 398 g/mol. The largest absolute Gasteiger partial charge is 0.463 e. The number of hydrogen-bond donors (Lipinski definition) is 1. The molecule has 4 rings (SSSR count). The Morgan fingerprint density at radius 1 is 1.10 bits per heavy atom. The zero-order chi connectivity index (χ0) is 20.9. The molecule has 2 heterocycles. The van der Waals surface area contributed by atoms with E-state index < -0.39 is 0 Å². The zero-order valence-electron chi connectivity index (χ0n) is 16.6. The predicted molar refractivity (Wildman–Crippen MR) is 118 cm³/mol. The second kappa shape index (κ2) is 9.01. The van der Waals surface area contributed by atoms with Crippen LogP contribution in [0.25, 0.3) is 17.1 Å². The van der Waals surface area contributed by atoms with Crippen molar-refractivity contribution in [1.82, 2.24) is 15.1 Å². The number of amides is 1. The highest BCUT2D eigenvalue weighted by Crippen LogP contribution is 2.26. The van der Waals surface area contributed by atoms with Crippen molar-refractivity contribution in [3.8, 4) is 17.1 Å². The molecule has 4 aromatic rings. The van der Waals surface area contributed by atoms with E-state index in [-0.39, 0.29) is 11.9 Å². The van der Waals surface area contributed by atoms with Crippen LogP contribution in [0.1, 0.15) is 29.4 Å². The maximum Gasteiger partial charge on any atom is 0.270 e. The first-order valence-electron chi connectivity index (χ1n) is 9.85. The van der Waals surface area contributed by atoms with E-state index in [4.69, 9.17) is 16.0 Å². The minimum Gasteiger partial charge on any atom is -0.463 e. The van der Waals surface area contributed by atoms with Gasteiger partial charge in [-0.1, -0.05) is 54.1 Å². The minimum atomic E-state index is -0.208. The molecule has 0 aliphatic rings. The molecule has 6 heteroatoms. The summed E-state index contributed by atoms with van der Waals surface area (Å²) in [5.41, 5.74) is 2.86. The molecule has 152 valence electrons. The van der Waals surface area contributed by atoms with Crippen molar-refractivity contribution >= 4 is 17.5 Å². The first kappa shape index (κ1) is 20.0. The molecular formula is C24H22ClN3O2. The highest BCUT2D eigenvalue weighted by molar-refractivity contribution is 6.32. The van der Waals surface area contributed by atoms with Gasteiger partial charge in [-0.2, -0.15) is 5.10 Å². The van der Waals surface area contributed by atoms with E-state index in [9.17, 15) is 4.79 Å². The lowest BCUT2D eigenvalue weighted by molar-refractivity contribution is 0.0930. The Labute approximate surface area is 180 Å². The number of benzene rings is 2. The third-order valence-electron chi connectivity index (χ3n) is 4.88. The van der Waals surface area contributed by atoms with Crippen LogP contribution in [0.4, 0.5) is 0 Å². The van der Waals surface area contributed by atoms with Crippen LogP contribution in [-0.2, 0) is 6.42 Å². The van der Waals surface area contributed by atoms with Crippen LogP contribution in [0.5, 0.6) is 0 Å². The molecule has 0 fully saturated rings. The minimum absolute atomic E-state index is 0.000589. The molecule has 5 nitrogen and oxygen atoms in total. The van der Waals surface area contributed by atoms with E-state index in [0.717, 1.165) is 12.8 Å². The van der Waals surface area contributed by atoms with Crippen molar-refractivity contribution in [2.45, 2.75) is 25.8 Å². The smallest absolute Gasteiger partial charge is 0.270 e. The van der Waals surface area contributed by atoms with Gasteiger partial charge in [-0.05, 0) is 49.6 Å². The van der Waals surface area contributed by atoms with Gasteiger partial charge < -0.3 is 9.73 Å². The summed E-state index contributed by atoms with van der Waals surface area (Å²) in [6.07, 6.45) is 3.31. The summed E-state index contributed by atoms with van der Waals surface area (Å²) in [6, 6.07) is 22.9. The number of rotatable bonds is 7. The van der Waals surface area contributed by atoms with Gasteiger partial charge in [-0.15, -0.1) is 0 Å². The highest BCUT2D eigenvalue weighted by atomic mass is 35.5. The number of nitrogens with zero attached hydrogens (tertiary/aromatic N) is 2. The first-order valence-corrected chi connectivity index (χ1v) is 10.2. The Morgan fingerprint density at radius 2 is 1.87 bits per heavy atom. The van der Waals surface area contributed by atoms with Crippen molar-refractivity contribution < 1.29 is 9.21 Å². The summed E-state index contributed by atoms with van der Waals surface area (Å²) in [5, 5.41) is 8.18. The number of hydrogen-bond acceptors (Lipinski definition) is 3. The molecule has 0 radical (unpaired) electrons. The number of para-hydroxylation sites is 1. The fourth-order valence-electron chi connectivity index (χ4n) is 3.29. The second-order valence-electron chi connectivity index (χ2n) is 7.15. The molecule has 1 N–H and O–H groups in total.